The van der Waals surface area contributed by atoms with E-state index in [2.05, 4.69) is 22.4 Å². The van der Waals surface area contributed by atoms with Crippen LogP contribution in [0, 0.1) is 0 Å². The Labute approximate surface area is 140 Å². The smallest absolute Gasteiger partial charge is 0.205 e. The fourth-order valence-electron chi connectivity index (χ4n) is 1.82. The second-order valence-electron chi connectivity index (χ2n) is 4.79. The summed E-state index contributed by atoms with van der Waals surface area (Å²) < 4.78 is 11.4. The average molecular weight is 334 g/mol. The lowest BCUT2D eigenvalue weighted by atomic mass is 10.2. The summed E-state index contributed by atoms with van der Waals surface area (Å²) in [6.45, 7) is 5.36. The zero-order valence-electron chi connectivity index (χ0n) is 13.4. The van der Waals surface area contributed by atoms with Gasteiger partial charge < -0.3 is 15.2 Å². The van der Waals surface area contributed by atoms with Crippen LogP contribution in [0.15, 0.2) is 28.7 Å². The maximum atomic E-state index is 5.75. The van der Waals surface area contributed by atoms with Gasteiger partial charge in [-0.05, 0) is 37.1 Å². The number of hydrogen-bond donors (Lipinski definition) is 2. The monoisotopic (exact) mass is 334 g/mol. The van der Waals surface area contributed by atoms with E-state index in [1.165, 1.54) is 11.3 Å². The predicted octanol–water partition coefficient (Wildman–Crippen LogP) is 3.75. The van der Waals surface area contributed by atoms with E-state index in [0.29, 0.717) is 24.2 Å². The summed E-state index contributed by atoms with van der Waals surface area (Å²) in [5.74, 6) is 1.98. The Bertz CT molecular complexity index is 643. The number of hydrogen-bond acceptors (Lipinski definition) is 7. The van der Waals surface area contributed by atoms with Crippen LogP contribution in [0.5, 0.6) is 11.5 Å². The number of unbranched alkanes of at least 4 members (excludes halogenated alkanes) is 1. The molecule has 0 fully saturated rings. The number of nitrogens with one attached hydrogen (secondary N) is 1. The van der Waals surface area contributed by atoms with Crippen LogP contribution >= 0.6 is 11.3 Å². The second kappa shape index (κ2) is 8.99. The summed E-state index contributed by atoms with van der Waals surface area (Å²) in [5.41, 5.74) is 9.32. The number of thiazole rings is 1. The molecular formula is C16H22N4O2S. The molecule has 0 aliphatic carbocycles. The number of nitrogens with zero attached hydrogens (tertiary/aromatic N) is 2. The van der Waals surface area contributed by atoms with Gasteiger partial charge in [-0.15, -0.1) is 11.3 Å². The predicted molar refractivity (Wildman–Crippen MR) is 95.8 cm³/mol. The summed E-state index contributed by atoms with van der Waals surface area (Å²) in [5, 5.41) is 6.57. The molecule has 1 heterocycles. The highest BCUT2D eigenvalue weighted by molar-refractivity contribution is 7.14. The van der Waals surface area contributed by atoms with Crippen LogP contribution in [0.3, 0.4) is 0 Å². The molecule has 0 atom stereocenters. The lowest BCUT2D eigenvalue weighted by Gasteiger charge is -2.12. The van der Waals surface area contributed by atoms with E-state index in [4.69, 9.17) is 15.2 Å². The lowest BCUT2D eigenvalue weighted by Crippen LogP contribution is -2.01. The number of rotatable bonds is 9. The van der Waals surface area contributed by atoms with Crippen molar-refractivity contribution in [3.05, 3.63) is 29.1 Å². The Kier molecular flexibility index (Phi) is 6.68. The van der Waals surface area contributed by atoms with Gasteiger partial charge in [0.1, 0.15) is 5.82 Å². The van der Waals surface area contributed by atoms with Gasteiger partial charge in [-0.1, -0.05) is 13.3 Å². The third-order valence-electron chi connectivity index (χ3n) is 2.92. The molecule has 0 saturated heterocycles. The first-order valence-corrected chi connectivity index (χ1v) is 8.50. The Hall–Kier alpha value is -2.28. The van der Waals surface area contributed by atoms with Crippen LogP contribution in [-0.2, 0) is 0 Å². The van der Waals surface area contributed by atoms with Crippen molar-refractivity contribution in [1.82, 2.24) is 4.98 Å². The normalized spacial score (nSPS) is 10.9. The number of hydrazone groups is 1. The first-order valence-electron chi connectivity index (χ1n) is 7.62. The van der Waals surface area contributed by atoms with E-state index in [9.17, 15) is 0 Å². The van der Waals surface area contributed by atoms with Crippen LogP contribution in [-0.4, -0.2) is 24.4 Å². The largest absolute Gasteiger partial charge is 0.490 e. The van der Waals surface area contributed by atoms with E-state index in [0.717, 1.165) is 29.9 Å². The van der Waals surface area contributed by atoms with E-state index >= 15 is 0 Å². The van der Waals surface area contributed by atoms with Crippen molar-refractivity contribution in [3.8, 4) is 11.5 Å². The van der Waals surface area contributed by atoms with Crippen LogP contribution in [0.1, 0.15) is 32.3 Å². The van der Waals surface area contributed by atoms with Gasteiger partial charge in [-0.2, -0.15) is 5.10 Å². The molecule has 0 saturated carbocycles. The maximum absolute atomic E-state index is 5.75. The first-order chi connectivity index (χ1) is 11.2. The highest BCUT2D eigenvalue weighted by Crippen LogP contribution is 2.28. The Balaban J connectivity index is 2.02. The molecule has 2 rings (SSSR count). The van der Waals surface area contributed by atoms with Gasteiger partial charge in [-0.3, -0.25) is 5.43 Å². The molecule has 7 heteroatoms. The van der Waals surface area contributed by atoms with Gasteiger partial charge in [0, 0.05) is 5.38 Å². The summed E-state index contributed by atoms with van der Waals surface area (Å²) in [4.78, 5) is 4.07. The molecule has 1 aromatic heterocycles. The van der Waals surface area contributed by atoms with Gasteiger partial charge in [0.2, 0.25) is 5.13 Å². The molecule has 0 amide bonds. The van der Waals surface area contributed by atoms with Gasteiger partial charge in [-0.25, -0.2) is 4.98 Å². The summed E-state index contributed by atoms with van der Waals surface area (Å²) in [6, 6.07) is 5.75. The second-order valence-corrected chi connectivity index (χ2v) is 5.65. The van der Waals surface area contributed by atoms with E-state index < -0.39 is 0 Å². The van der Waals surface area contributed by atoms with Crippen molar-refractivity contribution >= 4 is 28.5 Å². The van der Waals surface area contributed by atoms with Crippen LogP contribution in [0.2, 0.25) is 0 Å². The van der Waals surface area contributed by atoms with Crippen molar-refractivity contribution in [1.29, 1.82) is 0 Å². The summed E-state index contributed by atoms with van der Waals surface area (Å²) in [7, 11) is 0. The molecule has 23 heavy (non-hydrogen) atoms. The molecule has 0 bridgehead atoms. The molecule has 6 nitrogen and oxygen atoms in total. The minimum Gasteiger partial charge on any atom is -0.490 e. The Morgan fingerprint density at radius 3 is 2.87 bits per heavy atom. The van der Waals surface area contributed by atoms with Gasteiger partial charge >= 0.3 is 0 Å². The number of ether oxygens (including phenoxy) is 2. The number of aromatic nitrogens is 1. The van der Waals surface area contributed by atoms with Gasteiger partial charge in [0.15, 0.2) is 11.5 Å². The fraction of sp³-hybridized carbons (Fsp3) is 0.375. The van der Waals surface area contributed by atoms with Gasteiger partial charge in [0.05, 0.1) is 19.4 Å². The molecule has 124 valence electrons. The number of nitrogen functional groups attached to an aromatic ring is 1. The topological polar surface area (TPSA) is 81.8 Å². The van der Waals surface area contributed by atoms with Crippen molar-refractivity contribution in [3.63, 3.8) is 0 Å². The molecule has 0 aliphatic heterocycles. The first kappa shape index (κ1) is 17.1. The summed E-state index contributed by atoms with van der Waals surface area (Å²) in [6.07, 6.45) is 3.83. The molecular weight excluding hydrogens is 312 g/mol. The average Bonchev–Trinajstić information content (AvgIpc) is 2.95. The minimum atomic E-state index is 0.486. The molecule has 2 aromatic rings. The maximum Gasteiger partial charge on any atom is 0.205 e. The third-order valence-corrected chi connectivity index (χ3v) is 3.68. The quantitative estimate of drug-likeness (QED) is 0.415. The zero-order chi connectivity index (χ0) is 16.5. The molecule has 0 spiro atoms. The molecule has 0 unspecified atom stereocenters. The Morgan fingerprint density at radius 1 is 1.30 bits per heavy atom. The van der Waals surface area contributed by atoms with Crippen LogP contribution < -0.4 is 20.6 Å². The molecule has 0 radical (unpaired) electrons. The standard InChI is InChI=1S/C16H22N4O2S/c1-3-5-8-22-13-7-6-12(9-14(13)21-4-2)10-18-20-16-19-15(17)11-23-16/h6-7,9-11H,3-5,8,17H2,1-2H3,(H,19,20). The Morgan fingerprint density at radius 2 is 2.17 bits per heavy atom. The van der Waals surface area contributed by atoms with Gasteiger partial charge in [0.25, 0.3) is 0 Å². The highest BCUT2D eigenvalue weighted by atomic mass is 32.1. The van der Waals surface area contributed by atoms with E-state index in [1.54, 1.807) is 11.6 Å². The summed E-state index contributed by atoms with van der Waals surface area (Å²) >= 11 is 1.40. The van der Waals surface area contributed by atoms with Crippen molar-refractivity contribution in [2.75, 3.05) is 24.4 Å². The zero-order valence-corrected chi connectivity index (χ0v) is 14.2. The van der Waals surface area contributed by atoms with E-state index in [1.807, 2.05) is 25.1 Å². The van der Waals surface area contributed by atoms with Crippen LogP contribution in [0.4, 0.5) is 10.9 Å². The number of anilines is 2. The van der Waals surface area contributed by atoms with Crippen molar-refractivity contribution in [2.24, 2.45) is 5.10 Å². The minimum absolute atomic E-state index is 0.486. The molecule has 3 N–H and O–H groups in total. The lowest BCUT2D eigenvalue weighted by molar-refractivity contribution is 0.272. The molecule has 0 aliphatic rings. The molecule has 1 aromatic carbocycles. The number of benzene rings is 1. The van der Waals surface area contributed by atoms with E-state index in [-0.39, 0.29) is 0 Å². The van der Waals surface area contributed by atoms with Crippen LogP contribution in [0.25, 0.3) is 0 Å². The van der Waals surface area contributed by atoms with Crippen molar-refractivity contribution < 1.29 is 9.47 Å². The highest BCUT2D eigenvalue weighted by Gasteiger charge is 2.05. The van der Waals surface area contributed by atoms with Crippen molar-refractivity contribution in [2.45, 2.75) is 26.7 Å². The third kappa shape index (κ3) is 5.45. The SMILES string of the molecule is CCCCOc1ccc(C=NNc2nc(N)cs2)cc1OCC. The fourth-order valence-corrected chi connectivity index (χ4v) is 2.37. The number of nitrogens with two attached hydrogens (primary N) is 1.